The minimum atomic E-state index is -3.01. The third kappa shape index (κ3) is 4.87. The first kappa shape index (κ1) is 16.5. The zero-order valence-electron chi connectivity index (χ0n) is 12.3. The highest BCUT2D eigenvalue weighted by Gasteiger charge is 2.29. The molecule has 1 aliphatic rings. The number of likely N-dealkylation sites (N-methyl/N-ethyl adjacent to an activating group) is 1. The molecular formula is C14H19FN2O4S. The summed E-state index contributed by atoms with van der Waals surface area (Å²) in [7, 11) is -1.41. The van der Waals surface area contributed by atoms with Crippen LogP contribution in [0.3, 0.4) is 0 Å². The number of ether oxygens (including phenoxy) is 1. The molecule has 0 spiro atoms. The molecular weight excluding hydrogens is 311 g/mol. The van der Waals surface area contributed by atoms with E-state index in [1.54, 1.807) is 7.05 Å². The second kappa shape index (κ2) is 6.95. The zero-order chi connectivity index (χ0) is 16.2. The molecule has 1 atom stereocenters. The lowest BCUT2D eigenvalue weighted by atomic mass is 10.3. The number of nitrogens with one attached hydrogen (secondary N) is 1. The van der Waals surface area contributed by atoms with Crippen molar-refractivity contribution in [2.45, 2.75) is 12.5 Å². The van der Waals surface area contributed by atoms with E-state index in [9.17, 15) is 17.6 Å². The van der Waals surface area contributed by atoms with Gasteiger partial charge in [0.1, 0.15) is 18.2 Å². The molecule has 1 aliphatic heterocycles. The van der Waals surface area contributed by atoms with E-state index < -0.39 is 9.84 Å². The van der Waals surface area contributed by atoms with E-state index in [1.807, 2.05) is 0 Å². The molecule has 0 radical (unpaired) electrons. The van der Waals surface area contributed by atoms with E-state index >= 15 is 0 Å². The number of halogens is 1. The van der Waals surface area contributed by atoms with Gasteiger partial charge in [-0.3, -0.25) is 0 Å². The maximum absolute atomic E-state index is 12.7. The molecule has 122 valence electrons. The maximum Gasteiger partial charge on any atom is 0.317 e. The number of urea groups is 1. The number of sulfone groups is 1. The molecule has 8 heteroatoms. The van der Waals surface area contributed by atoms with Gasteiger partial charge in [0.2, 0.25) is 0 Å². The van der Waals surface area contributed by atoms with Crippen molar-refractivity contribution in [2.75, 3.05) is 31.7 Å². The quantitative estimate of drug-likeness (QED) is 0.875. The van der Waals surface area contributed by atoms with Crippen LogP contribution in [0.2, 0.25) is 0 Å². The molecule has 0 unspecified atom stereocenters. The lowest BCUT2D eigenvalue weighted by Crippen LogP contribution is -2.44. The summed E-state index contributed by atoms with van der Waals surface area (Å²) in [5.41, 5.74) is 0. The van der Waals surface area contributed by atoms with Crippen LogP contribution in [-0.2, 0) is 9.84 Å². The summed E-state index contributed by atoms with van der Waals surface area (Å²) in [4.78, 5) is 13.3. The number of amides is 2. The standard InChI is InChI=1S/C14H19FN2O4S/c1-17(7-8-21-13-4-2-11(15)3-5-13)14(18)16-12-6-9-22(19,20)10-12/h2-5,12H,6-10H2,1H3,(H,16,18)/t12-/m0/s1. The third-order valence-corrected chi connectivity index (χ3v) is 5.18. The molecule has 22 heavy (non-hydrogen) atoms. The second-order valence-corrected chi connectivity index (χ2v) is 7.50. The Morgan fingerprint density at radius 1 is 1.41 bits per heavy atom. The lowest BCUT2D eigenvalue weighted by molar-refractivity contribution is 0.192. The topological polar surface area (TPSA) is 75.7 Å². The van der Waals surface area contributed by atoms with Crippen LogP contribution in [0.4, 0.5) is 9.18 Å². The molecule has 1 heterocycles. The van der Waals surface area contributed by atoms with Crippen molar-refractivity contribution < 1.29 is 22.3 Å². The van der Waals surface area contributed by atoms with Crippen LogP contribution < -0.4 is 10.1 Å². The van der Waals surface area contributed by atoms with Crippen molar-refractivity contribution in [3.8, 4) is 5.75 Å². The van der Waals surface area contributed by atoms with Gasteiger partial charge in [-0.2, -0.15) is 0 Å². The van der Waals surface area contributed by atoms with E-state index in [4.69, 9.17) is 4.74 Å². The summed E-state index contributed by atoms with van der Waals surface area (Å²) in [5.74, 6) is 0.307. The molecule has 1 aromatic rings. The highest BCUT2D eigenvalue weighted by atomic mass is 32.2. The number of hydrogen-bond donors (Lipinski definition) is 1. The number of nitrogens with zero attached hydrogens (tertiary/aromatic N) is 1. The molecule has 1 aromatic carbocycles. The van der Waals surface area contributed by atoms with E-state index in [2.05, 4.69) is 5.32 Å². The van der Waals surface area contributed by atoms with Crippen molar-refractivity contribution in [3.05, 3.63) is 30.1 Å². The molecule has 0 bridgehead atoms. The summed E-state index contributed by atoms with van der Waals surface area (Å²) >= 11 is 0. The number of hydrogen-bond acceptors (Lipinski definition) is 4. The van der Waals surface area contributed by atoms with Crippen LogP contribution in [-0.4, -0.2) is 57.1 Å². The normalized spacial score (nSPS) is 19.6. The SMILES string of the molecule is CN(CCOc1ccc(F)cc1)C(=O)N[C@H]1CCS(=O)(=O)C1. The minimum absolute atomic E-state index is 0.00133. The van der Waals surface area contributed by atoms with Crippen molar-refractivity contribution >= 4 is 15.9 Å². The van der Waals surface area contributed by atoms with Crippen LogP contribution in [0.5, 0.6) is 5.75 Å². The first-order chi connectivity index (χ1) is 10.4. The fraction of sp³-hybridized carbons (Fsp3) is 0.500. The van der Waals surface area contributed by atoms with E-state index in [0.717, 1.165) is 0 Å². The van der Waals surface area contributed by atoms with Crippen molar-refractivity contribution in [1.29, 1.82) is 0 Å². The van der Waals surface area contributed by atoms with E-state index in [-0.39, 0.29) is 36.0 Å². The highest BCUT2D eigenvalue weighted by Crippen LogP contribution is 2.12. The first-order valence-electron chi connectivity index (χ1n) is 6.96. The van der Waals surface area contributed by atoms with Crippen molar-refractivity contribution in [3.63, 3.8) is 0 Å². The van der Waals surface area contributed by atoms with Gasteiger partial charge in [0.15, 0.2) is 9.84 Å². The predicted molar refractivity (Wildman–Crippen MR) is 80.1 cm³/mol. The highest BCUT2D eigenvalue weighted by molar-refractivity contribution is 7.91. The molecule has 1 saturated heterocycles. The van der Waals surface area contributed by atoms with Gasteiger partial charge in [0, 0.05) is 13.1 Å². The Labute approximate surface area is 129 Å². The predicted octanol–water partition coefficient (Wildman–Crippen LogP) is 1.03. The molecule has 0 aromatic heterocycles. The van der Waals surface area contributed by atoms with Crippen LogP contribution in [0.15, 0.2) is 24.3 Å². The maximum atomic E-state index is 12.7. The fourth-order valence-corrected chi connectivity index (χ4v) is 3.80. The first-order valence-corrected chi connectivity index (χ1v) is 8.78. The largest absolute Gasteiger partial charge is 0.492 e. The Morgan fingerprint density at radius 2 is 2.09 bits per heavy atom. The Kier molecular flexibility index (Phi) is 5.23. The number of carbonyl (C=O) groups excluding carboxylic acids is 1. The van der Waals surface area contributed by atoms with E-state index in [1.165, 1.54) is 29.2 Å². The van der Waals surface area contributed by atoms with Crippen LogP contribution in [0, 0.1) is 5.82 Å². The number of benzene rings is 1. The number of carbonyl (C=O) groups is 1. The van der Waals surface area contributed by atoms with E-state index in [0.29, 0.717) is 18.7 Å². The molecule has 6 nitrogen and oxygen atoms in total. The second-order valence-electron chi connectivity index (χ2n) is 5.27. The van der Waals surface area contributed by atoms with Gasteiger partial charge < -0.3 is 15.0 Å². The molecule has 1 N–H and O–H groups in total. The van der Waals surface area contributed by atoms with Crippen LogP contribution in [0.25, 0.3) is 0 Å². The average Bonchev–Trinajstić information content (AvgIpc) is 2.80. The van der Waals surface area contributed by atoms with Crippen LogP contribution >= 0.6 is 0 Å². The van der Waals surface area contributed by atoms with Gasteiger partial charge in [-0.15, -0.1) is 0 Å². The minimum Gasteiger partial charge on any atom is -0.492 e. The summed E-state index contributed by atoms with van der Waals surface area (Å²) < 4.78 is 40.8. The Hall–Kier alpha value is -1.83. The summed E-state index contributed by atoms with van der Waals surface area (Å²) in [6, 6.07) is 4.97. The van der Waals surface area contributed by atoms with Gasteiger partial charge >= 0.3 is 6.03 Å². The third-order valence-electron chi connectivity index (χ3n) is 3.42. The number of rotatable bonds is 5. The van der Waals surface area contributed by atoms with Gasteiger partial charge in [0.25, 0.3) is 0 Å². The molecule has 0 aliphatic carbocycles. The van der Waals surface area contributed by atoms with Gasteiger partial charge in [-0.1, -0.05) is 0 Å². The summed E-state index contributed by atoms with van der Waals surface area (Å²) in [6.45, 7) is 0.598. The van der Waals surface area contributed by atoms with Gasteiger partial charge in [0.05, 0.1) is 18.1 Å². The summed E-state index contributed by atoms with van der Waals surface area (Å²) in [5, 5.41) is 2.69. The Morgan fingerprint density at radius 3 is 2.68 bits per heavy atom. The average molecular weight is 330 g/mol. The van der Waals surface area contributed by atoms with Crippen LogP contribution in [0.1, 0.15) is 6.42 Å². The lowest BCUT2D eigenvalue weighted by Gasteiger charge is -2.20. The smallest absolute Gasteiger partial charge is 0.317 e. The Balaban J connectivity index is 1.71. The molecule has 0 saturated carbocycles. The zero-order valence-corrected chi connectivity index (χ0v) is 13.1. The molecule has 2 amide bonds. The molecule has 1 fully saturated rings. The summed E-state index contributed by atoms with van der Waals surface area (Å²) in [6.07, 6.45) is 0.452. The monoisotopic (exact) mass is 330 g/mol. The van der Waals surface area contributed by atoms with Gasteiger partial charge in [-0.05, 0) is 30.7 Å². The van der Waals surface area contributed by atoms with Crippen molar-refractivity contribution in [2.24, 2.45) is 0 Å². The van der Waals surface area contributed by atoms with Crippen molar-refractivity contribution in [1.82, 2.24) is 10.2 Å². The fourth-order valence-electron chi connectivity index (χ4n) is 2.13. The Bertz CT molecular complexity index is 618. The van der Waals surface area contributed by atoms with Gasteiger partial charge in [-0.25, -0.2) is 17.6 Å². The molecule has 2 rings (SSSR count).